The van der Waals surface area contributed by atoms with E-state index >= 15 is 0 Å². The van der Waals surface area contributed by atoms with Crippen molar-refractivity contribution in [3.8, 4) is 0 Å². The van der Waals surface area contributed by atoms with Gasteiger partial charge in [0.15, 0.2) is 12.6 Å². The molecule has 14 nitrogen and oxygen atoms in total. The Bertz CT molecular complexity index is 1440. The summed E-state index contributed by atoms with van der Waals surface area (Å²) in [6.45, 7) is 2.72. The molecule has 72 heavy (non-hydrogen) atoms. The first-order valence-corrected chi connectivity index (χ1v) is 28.5. The molecule has 14 heteroatoms. The zero-order valence-electron chi connectivity index (χ0n) is 44.7. The number of aliphatic hydroxyl groups excluding tert-OH is 8. The fourth-order valence-corrected chi connectivity index (χ4v) is 9.15. The summed E-state index contributed by atoms with van der Waals surface area (Å²) < 4.78 is 22.8. The van der Waals surface area contributed by atoms with Crippen LogP contribution < -0.4 is 5.32 Å². The van der Waals surface area contributed by atoms with Gasteiger partial charge in [-0.25, -0.2) is 0 Å². The maximum atomic E-state index is 13.2. The Kier molecular flexibility index (Phi) is 40.1. The zero-order chi connectivity index (χ0) is 52.4. The van der Waals surface area contributed by atoms with E-state index in [1.807, 2.05) is 0 Å². The Balaban J connectivity index is 1.80. The summed E-state index contributed by atoms with van der Waals surface area (Å²) in [5, 5.41) is 87.2. The highest BCUT2D eigenvalue weighted by Crippen LogP contribution is 2.30. The third-order valence-corrected chi connectivity index (χ3v) is 13.7. The predicted molar refractivity (Wildman–Crippen MR) is 286 cm³/mol. The second-order valence-corrected chi connectivity index (χ2v) is 20.0. The normalized spacial score (nSPS) is 26.0. The molecule has 0 saturated carbocycles. The molecule has 1 amide bonds. The smallest absolute Gasteiger partial charge is 0.220 e. The van der Waals surface area contributed by atoms with Crippen molar-refractivity contribution in [2.45, 2.75) is 280 Å². The van der Waals surface area contributed by atoms with E-state index < -0.39 is 86.8 Å². The minimum absolute atomic E-state index is 0.239. The molecule has 0 radical (unpaired) electrons. The van der Waals surface area contributed by atoms with Gasteiger partial charge < -0.3 is 65.1 Å². The van der Waals surface area contributed by atoms with Crippen LogP contribution >= 0.6 is 0 Å². The molecule has 2 aliphatic heterocycles. The van der Waals surface area contributed by atoms with Crippen LogP contribution in [-0.2, 0) is 23.7 Å². The van der Waals surface area contributed by atoms with Crippen molar-refractivity contribution in [3.05, 3.63) is 60.8 Å². The SMILES string of the molecule is CC/C=C\C/C=C\C/C=C\C/C=C\C/C=C\CCCCCC(=O)NC(COC1OC(CO)C(OC2OC(CO)C(O)C(O)C2O)C(O)C1O)C(O)CCCCCCCCCCCCCCCCCCCCC. The monoisotopic (exact) mass is 1020 g/mol. The van der Waals surface area contributed by atoms with Gasteiger partial charge in [-0.2, -0.15) is 0 Å². The predicted octanol–water partition coefficient (Wildman–Crippen LogP) is 9.00. The average molecular weight is 1020 g/mol. The first kappa shape index (κ1) is 65.8. The first-order chi connectivity index (χ1) is 35.1. The van der Waals surface area contributed by atoms with Crippen molar-refractivity contribution in [1.82, 2.24) is 5.32 Å². The number of aliphatic hydroxyl groups is 8. The highest BCUT2D eigenvalue weighted by atomic mass is 16.7. The summed E-state index contributed by atoms with van der Waals surface area (Å²) in [7, 11) is 0. The lowest BCUT2D eigenvalue weighted by molar-refractivity contribution is -0.359. The Morgan fingerprint density at radius 1 is 0.514 bits per heavy atom. The van der Waals surface area contributed by atoms with Crippen LogP contribution in [0.5, 0.6) is 0 Å². The number of unbranched alkanes of at least 4 members (excludes halogenated alkanes) is 21. The number of amides is 1. The van der Waals surface area contributed by atoms with Crippen LogP contribution in [0.2, 0.25) is 0 Å². The van der Waals surface area contributed by atoms with Gasteiger partial charge in [0.2, 0.25) is 5.91 Å². The molecule has 12 unspecified atom stereocenters. The van der Waals surface area contributed by atoms with E-state index in [0.717, 1.165) is 77.0 Å². The van der Waals surface area contributed by atoms with Gasteiger partial charge in [0.25, 0.3) is 0 Å². The van der Waals surface area contributed by atoms with Crippen LogP contribution in [0.15, 0.2) is 60.8 Å². The minimum atomic E-state index is -1.79. The van der Waals surface area contributed by atoms with E-state index in [2.05, 4.69) is 79.9 Å². The third-order valence-electron chi connectivity index (χ3n) is 13.7. The fourth-order valence-electron chi connectivity index (χ4n) is 9.15. The van der Waals surface area contributed by atoms with Crippen LogP contribution in [0.1, 0.15) is 206 Å². The number of allylic oxidation sites excluding steroid dienone is 10. The molecule has 2 heterocycles. The molecule has 0 aromatic carbocycles. The van der Waals surface area contributed by atoms with E-state index in [9.17, 15) is 45.6 Å². The topological polar surface area (TPSA) is 228 Å². The second kappa shape index (κ2) is 43.9. The molecule has 0 bridgehead atoms. The molecule has 0 aromatic rings. The van der Waals surface area contributed by atoms with Gasteiger partial charge in [0.05, 0.1) is 32.0 Å². The van der Waals surface area contributed by atoms with E-state index in [1.165, 1.54) is 96.3 Å². The van der Waals surface area contributed by atoms with Crippen LogP contribution in [0.3, 0.4) is 0 Å². The Labute approximate surface area is 435 Å². The highest BCUT2D eigenvalue weighted by molar-refractivity contribution is 5.76. The lowest BCUT2D eigenvalue weighted by Crippen LogP contribution is -2.65. The number of ether oxygens (including phenoxy) is 4. The zero-order valence-corrected chi connectivity index (χ0v) is 44.7. The van der Waals surface area contributed by atoms with E-state index in [-0.39, 0.29) is 18.9 Å². The first-order valence-electron chi connectivity index (χ1n) is 28.5. The standard InChI is InChI=1S/C58H103NO13/c1-3-5-7-9-11-13-15-17-19-21-23-25-27-29-31-33-35-37-39-41-47(62)46(59-50(63)42-40-38-36-34-32-30-28-26-24-22-20-18-16-14-12-10-8-6-4-2)45-69-57-55(68)53(66)56(49(44-61)71-57)72-58-54(67)52(65)51(64)48(43-60)70-58/h6,8,12,14,18,20,24,26,30,32,46-49,51-58,60-62,64-68H,3-5,7,9-11,13,15-17,19,21-23,25,27-29,31,33-45H2,1-2H3,(H,59,63)/b8-6-,14-12-,20-18-,26-24-,32-30-. The molecule has 9 N–H and O–H groups in total. The number of hydrogen-bond acceptors (Lipinski definition) is 13. The van der Waals surface area contributed by atoms with Gasteiger partial charge in [-0.05, 0) is 57.8 Å². The molecule has 2 saturated heterocycles. The van der Waals surface area contributed by atoms with Crippen LogP contribution in [0.25, 0.3) is 0 Å². The fraction of sp³-hybridized carbons (Fsp3) is 0.810. The van der Waals surface area contributed by atoms with Crippen molar-refractivity contribution in [2.24, 2.45) is 0 Å². The van der Waals surface area contributed by atoms with Crippen molar-refractivity contribution in [3.63, 3.8) is 0 Å². The Morgan fingerprint density at radius 2 is 0.958 bits per heavy atom. The summed E-state index contributed by atoms with van der Waals surface area (Å²) in [4.78, 5) is 13.2. The van der Waals surface area contributed by atoms with Gasteiger partial charge in [-0.15, -0.1) is 0 Å². The summed E-state index contributed by atoms with van der Waals surface area (Å²) in [6, 6.07) is -0.849. The van der Waals surface area contributed by atoms with E-state index in [0.29, 0.717) is 12.8 Å². The molecule has 2 aliphatic rings. The quantitative estimate of drug-likeness (QED) is 0.0205. The molecule has 2 rings (SSSR count). The number of nitrogens with one attached hydrogen (secondary N) is 1. The van der Waals surface area contributed by atoms with Crippen LogP contribution in [0.4, 0.5) is 0 Å². The van der Waals surface area contributed by atoms with Crippen molar-refractivity contribution in [1.29, 1.82) is 0 Å². The van der Waals surface area contributed by atoms with Crippen LogP contribution in [-0.4, -0.2) is 140 Å². The lowest BCUT2D eigenvalue weighted by atomic mass is 9.97. The molecule has 0 aliphatic carbocycles. The van der Waals surface area contributed by atoms with E-state index in [1.54, 1.807) is 0 Å². The number of hydrogen-bond donors (Lipinski definition) is 9. The molecule has 2 fully saturated rings. The molecule has 0 spiro atoms. The molecular weight excluding hydrogens is 919 g/mol. The van der Waals surface area contributed by atoms with Gasteiger partial charge >= 0.3 is 0 Å². The number of carbonyl (C=O) groups excluding carboxylic acids is 1. The molecular formula is C58H103NO13. The van der Waals surface area contributed by atoms with Crippen molar-refractivity contribution >= 4 is 5.91 Å². The summed E-state index contributed by atoms with van der Waals surface area (Å²) in [6.07, 6.45) is 37.8. The largest absolute Gasteiger partial charge is 0.394 e. The maximum Gasteiger partial charge on any atom is 0.220 e. The lowest BCUT2D eigenvalue weighted by Gasteiger charge is -2.46. The van der Waals surface area contributed by atoms with Crippen LogP contribution in [0, 0.1) is 0 Å². The van der Waals surface area contributed by atoms with Gasteiger partial charge in [-0.3, -0.25) is 4.79 Å². The summed E-state index contributed by atoms with van der Waals surface area (Å²) in [5.74, 6) is -0.239. The van der Waals surface area contributed by atoms with Gasteiger partial charge in [-0.1, -0.05) is 203 Å². The van der Waals surface area contributed by atoms with Crippen molar-refractivity contribution < 1.29 is 64.6 Å². The van der Waals surface area contributed by atoms with Crippen molar-refractivity contribution in [2.75, 3.05) is 19.8 Å². The maximum absolute atomic E-state index is 13.2. The molecule has 12 atom stereocenters. The third kappa shape index (κ3) is 29.7. The summed E-state index contributed by atoms with van der Waals surface area (Å²) in [5.41, 5.74) is 0. The Hall–Kier alpha value is -2.31. The van der Waals surface area contributed by atoms with Gasteiger partial charge in [0.1, 0.15) is 48.8 Å². The average Bonchev–Trinajstić information content (AvgIpc) is 3.38. The second-order valence-electron chi connectivity index (χ2n) is 20.0. The highest BCUT2D eigenvalue weighted by Gasteiger charge is 2.51. The Morgan fingerprint density at radius 3 is 1.46 bits per heavy atom. The number of rotatable bonds is 44. The molecule has 0 aromatic heterocycles. The van der Waals surface area contributed by atoms with Gasteiger partial charge in [0, 0.05) is 6.42 Å². The summed E-state index contributed by atoms with van der Waals surface area (Å²) >= 11 is 0. The number of carbonyl (C=O) groups is 1. The molecule has 418 valence electrons. The minimum Gasteiger partial charge on any atom is -0.394 e. The van der Waals surface area contributed by atoms with E-state index in [4.69, 9.17) is 18.9 Å².